The maximum atomic E-state index is 10.8. The molecule has 70 valence electrons. The van der Waals surface area contributed by atoms with E-state index in [1.807, 2.05) is 19.1 Å². The molecule has 0 unspecified atom stereocenters. The minimum atomic E-state index is -0.0830. The van der Waals surface area contributed by atoms with Crippen LogP contribution < -0.4 is 5.32 Å². The van der Waals surface area contributed by atoms with Gasteiger partial charge < -0.3 is 5.32 Å². The highest BCUT2D eigenvalue weighted by Gasteiger charge is 2.06. The van der Waals surface area contributed by atoms with Gasteiger partial charge in [0.1, 0.15) is 0 Å². The molecule has 4 heteroatoms. The number of nitrogens with one attached hydrogen (secondary N) is 1. The molecule has 0 aliphatic heterocycles. The molecule has 1 N–H and O–H groups in total. The van der Waals surface area contributed by atoms with Crippen LogP contribution in [0.15, 0.2) is 12.1 Å². The average molecular weight is 310 g/mol. The highest BCUT2D eigenvalue weighted by atomic mass is 127. The number of hydrogen-bond acceptors (Lipinski definition) is 1. The van der Waals surface area contributed by atoms with Crippen LogP contribution in [-0.4, -0.2) is 5.91 Å². The Kier molecular flexibility index (Phi) is 3.55. The van der Waals surface area contributed by atoms with Gasteiger partial charge in [-0.25, -0.2) is 0 Å². The summed E-state index contributed by atoms with van der Waals surface area (Å²) in [7, 11) is 0. The normalized spacial score (nSPS) is 9.85. The Hall–Kier alpha value is -0.290. The van der Waals surface area contributed by atoms with Crippen molar-refractivity contribution >= 4 is 45.8 Å². The van der Waals surface area contributed by atoms with Crippen LogP contribution in [-0.2, 0) is 4.79 Å². The summed E-state index contributed by atoms with van der Waals surface area (Å²) in [6, 6.07) is 3.73. The lowest BCUT2D eigenvalue weighted by atomic mass is 10.2. The summed E-state index contributed by atoms with van der Waals surface area (Å²) in [5.41, 5.74) is 1.68. The molecule has 0 radical (unpaired) electrons. The number of carbonyl (C=O) groups is 1. The number of amides is 1. The molecule has 1 rings (SSSR count). The van der Waals surface area contributed by atoms with Crippen molar-refractivity contribution in [2.45, 2.75) is 13.8 Å². The topological polar surface area (TPSA) is 29.1 Å². The van der Waals surface area contributed by atoms with Crippen molar-refractivity contribution < 1.29 is 4.79 Å². The Morgan fingerprint density at radius 3 is 2.69 bits per heavy atom. The van der Waals surface area contributed by atoms with Gasteiger partial charge >= 0.3 is 0 Å². The van der Waals surface area contributed by atoms with E-state index in [0.29, 0.717) is 5.02 Å². The molecule has 0 aliphatic carbocycles. The highest BCUT2D eigenvalue weighted by Crippen LogP contribution is 2.28. The monoisotopic (exact) mass is 309 g/mol. The van der Waals surface area contributed by atoms with Gasteiger partial charge in [0.2, 0.25) is 5.91 Å². The van der Waals surface area contributed by atoms with Gasteiger partial charge in [0.15, 0.2) is 0 Å². The predicted octanol–water partition coefficient (Wildman–Crippen LogP) is 3.21. The number of halogens is 2. The summed E-state index contributed by atoms with van der Waals surface area (Å²) < 4.78 is 0.992. The smallest absolute Gasteiger partial charge is 0.221 e. The molecule has 13 heavy (non-hydrogen) atoms. The van der Waals surface area contributed by atoms with Gasteiger partial charge in [-0.05, 0) is 47.2 Å². The van der Waals surface area contributed by atoms with Crippen LogP contribution in [0.3, 0.4) is 0 Å². The van der Waals surface area contributed by atoms with Crippen molar-refractivity contribution in [2.75, 3.05) is 5.32 Å². The van der Waals surface area contributed by atoms with E-state index >= 15 is 0 Å². The number of hydrogen-bond donors (Lipinski definition) is 1. The fourth-order valence-corrected chi connectivity index (χ4v) is 1.73. The van der Waals surface area contributed by atoms with Crippen LogP contribution in [0.4, 0.5) is 5.69 Å². The predicted molar refractivity (Wildman–Crippen MR) is 63.2 cm³/mol. The number of anilines is 1. The first-order chi connectivity index (χ1) is 6.02. The second-order valence-electron chi connectivity index (χ2n) is 2.72. The lowest BCUT2D eigenvalue weighted by molar-refractivity contribution is -0.114. The Morgan fingerprint density at radius 1 is 1.54 bits per heavy atom. The van der Waals surface area contributed by atoms with E-state index in [-0.39, 0.29) is 5.91 Å². The molecule has 0 fully saturated rings. The van der Waals surface area contributed by atoms with Crippen molar-refractivity contribution in [3.63, 3.8) is 0 Å². The largest absolute Gasteiger partial charge is 0.326 e. The van der Waals surface area contributed by atoms with Crippen LogP contribution >= 0.6 is 34.2 Å². The van der Waals surface area contributed by atoms with Gasteiger partial charge in [-0.3, -0.25) is 4.79 Å². The quantitative estimate of drug-likeness (QED) is 0.793. The third kappa shape index (κ3) is 2.57. The van der Waals surface area contributed by atoms with Crippen molar-refractivity contribution in [3.05, 3.63) is 26.3 Å². The first-order valence-electron chi connectivity index (χ1n) is 3.74. The summed E-state index contributed by atoms with van der Waals surface area (Å²) >= 11 is 8.16. The summed E-state index contributed by atoms with van der Waals surface area (Å²) in [6.45, 7) is 3.36. The van der Waals surface area contributed by atoms with E-state index in [1.165, 1.54) is 6.92 Å². The van der Waals surface area contributed by atoms with Gasteiger partial charge in [-0.1, -0.05) is 11.6 Å². The lowest BCUT2D eigenvalue weighted by Crippen LogP contribution is -2.07. The molecular weight excluding hydrogens is 300 g/mol. The number of benzene rings is 1. The third-order valence-corrected chi connectivity index (χ3v) is 3.35. The minimum Gasteiger partial charge on any atom is -0.326 e. The molecule has 0 aromatic heterocycles. The molecule has 1 aromatic rings. The van der Waals surface area contributed by atoms with Gasteiger partial charge in [0, 0.05) is 16.2 Å². The lowest BCUT2D eigenvalue weighted by Gasteiger charge is -2.08. The van der Waals surface area contributed by atoms with Crippen molar-refractivity contribution in [1.29, 1.82) is 0 Å². The minimum absolute atomic E-state index is 0.0830. The van der Waals surface area contributed by atoms with Crippen LogP contribution in [0.1, 0.15) is 12.5 Å². The first-order valence-corrected chi connectivity index (χ1v) is 5.20. The van der Waals surface area contributed by atoms with Crippen molar-refractivity contribution in [2.24, 2.45) is 0 Å². The van der Waals surface area contributed by atoms with Gasteiger partial charge in [0.25, 0.3) is 0 Å². The SMILES string of the molecule is CC(=O)Nc1ccc(I)c(Cl)c1C. The second-order valence-corrected chi connectivity index (χ2v) is 4.26. The molecule has 0 saturated heterocycles. The Morgan fingerprint density at radius 2 is 2.15 bits per heavy atom. The molecule has 0 saturated carbocycles. The van der Waals surface area contributed by atoms with Gasteiger partial charge in [-0.15, -0.1) is 0 Å². The number of rotatable bonds is 1. The van der Waals surface area contributed by atoms with E-state index in [0.717, 1.165) is 14.8 Å². The Bertz CT molecular complexity index is 352. The molecule has 1 aromatic carbocycles. The molecule has 0 aliphatic rings. The van der Waals surface area contributed by atoms with E-state index in [2.05, 4.69) is 27.9 Å². The summed E-state index contributed by atoms with van der Waals surface area (Å²) in [5.74, 6) is -0.0830. The standard InChI is InChI=1S/C9H9ClINO/c1-5-8(12-6(2)13)4-3-7(11)9(5)10/h3-4H,1-2H3,(H,12,13). The molecule has 0 atom stereocenters. The van der Waals surface area contributed by atoms with E-state index in [9.17, 15) is 4.79 Å². The number of carbonyl (C=O) groups excluding carboxylic acids is 1. The molecule has 0 spiro atoms. The third-order valence-electron chi connectivity index (χ3n) is 1.65. The second kappa shape index (κ2) is 4.28. The zero-order valence-corrected chi connectivity index (χ0v) is 10.2. The molecular formula is C9H9ClINO. The van der Waals surface area contributed by atoms with Crippen LogP contribution in [0.5, 0.6) is 0 Å². The van der Waals surface area contributed by atoms with Crippen LogP contribution in [0, 0.1) is 10.5 Å². The molecule has 1 amide bonds. The summed E-state index contributed by atoms with van der Waals surface area (Å²) in [4.78, 5) is 10.8. The van der Waals surface area contributed by atoms with E-state index in [4.69, 9.17) is 11.6 Å². The zero-order valence-electron chi connectivity index (χ0n) is 7.32. The van der Waals surface area contributed by atoms with Crippen molar-refractivity contribution in [1.82, 2.24) is 0 Å². The van der Waals surface area contributed by atoms with Crippen LogP contribution in [0.2, 0.25) is 5.02 Å². The zero-order chi connectivity index (χ0) is 10.0. The summed E-state index contributed by atoms with van der Waals surface area (Å²) in [6.07, 6.45) is 0. The highest BCUT2D eigenvalue weighted by molar-refractivity contribution is 14.1. The van der Waals surface area contributed by atoms with Crippen LogP contribution in [0.25, 0.3) is 0 Å². The average Bonchev–Trinajstić information content (AvgIpc) is 2.06. The first kappa shape index (κ1) is 10.8. The molecule has 0 bridgehead atoms. The maximum Gasteiger partial charge on any atom is 0.221 e. The van der Waals surface area contributed by atoms with Gasteiger partial charge in [-0.2, -0.15) is 0 Å². The van der Waals surface area contributed by atoms with E-state index in [1.54, 1.807) is 0 Å². The Labute approximate surface area is 95.8 Å². The van der Waals surface area contributed by atoms with E-state index < -0.39 is 0 Å². The van der Waals surface area contributed by atoms with Gasteiger partial charge in [0.05, 0.1) is 5.02 Å². The molecule has 2 nitrogen and oxygen atoms in total. The van der Waals surface area contributed by atoms with Crippen molar-refractivity contribution in [3.8, 4) is 0 Å². The maximum absolute atomic E-state index is 10.8. The fraction of sp³-hybridized carbons (Fsp3) is 0.222. The summed E-state index contributed by atoms with van der Waals surface area (Å²) in [5, 5.41) is 3.42. The Balaban J connectivity index is 3.10. The fourth-order valence-electron chi connectivity index (χ4n) is 0.977. The molecule has 0 heterocycles.